The highest BCUT2D eigenvalue weighted by Gasteiger charge is 2.57. The molecule has 226 valence electrons. The molecular formula is C34H31BrN2O7. The first-order valence-corrected chi connectivity index (χ1v) is 15.2. The van der Waals surface area contributed by atoms with Gasteiger partial charge in [0.25, 0.3) is 5.69 Å². The van der Waals surface area contributed by atoms with Crippen molar-refractivity contribution in [2.45, 2.75) is 25.4 Å². The monoisotopic (exact) mass is 658 g/mol. The Labute approximate surface area is 263 Å². The molecule has 4 atom stereocenters. The average molecular weight is 660 g/mol. The number of hydrogen-bond donors (Lipinski definition) is 1. The number of nitrogens with zero attached hydrogens (tertiary/aromatic N) is 2. The van der Waals surface area contributed by atoms with Crippen LogP contribution in [-0.4, -0.2) is 48.3 Å². The molecule has 2 heterocycles. The molecule has 0 saturated carbocycles. The molecule has 44 heavy (non-hydrogen) atoms. The van der Waals surface area contributed by atoms with Gasteiger partial charge >= 0.3 is 0 Å². The first-order chi connectivity index (χ1) is 21.3. The molecule has 3 aromatic rings. The zero-order chi connectivity index (χ0) is 31.0. The predicted molar refractivity (Wildman–Crippen MR) is 169 cm³/mol. The Bertz CT molecular complexity index is 1690. The van der Waals surface area contributed by atoms with Crippen molar-refractivity contribution < 1.29 is 29.1 Å². The molecule has 0 radical (unpaired) electrons. The third-order valence-corrected chi connectivity index (χ3v) is 9.26. The Morgan fingerprint density at radius 1 is 1.09 bits per heavy atom. The third-order valence-electron chi connectivity index (χ3n) is 8.77. The maximum atomic E-state index is 13.8. The van der Waals surface area contributed by atoms with Crippen LogP contribution in [0.15, 0.2) is 88.4 Å². The Morgan fingerprint density at radius 3 is 2.64 bits per heavy atom. The minimum atomic E-state index is -0.606. The number of allylic oxidation sites excluding steroid dienone is 1. The number of ether oxygens (including phenoxy) is 2. The lowest BCUT2D eigenvalue weighted by molar-refractivity contribution is -0.384. The van der Waals surface area contributed by atoms with Crippen LogP contribution in [0.1, 0.15) is 30.4 Å². The maximum absolute atomic E-state index is 13.8. The van der Waals surface area contributed by atoms with E-state index in [-0.39, 0.29) is 41.0 Å². The van der Waals surface area contributed by atoms with E-state index in [0.717, 1.165) is 31.7 Å². The molecule has 6 rings (SSSR count). The van der Waals surface area contributed by atoms with Crippen LogP contribution in [0, 0.1) is 27.9 Å². The van der Waals surface area contributed by atoms with Gasteiger partial charge in [-0.25, -0.2) is 4.90 Å². The van der Waals surface area contributed by atoms with Crippen molar-refractivity contribution in [1.82, 2.24) is 0 Å². The van der Waals surface area contributed by atoms with E-state index < -0.39 is 16.8 Å². The van der Waals surface area contributed by atoms with Crippen molar-refractivity contribution in [1.29, 1.82) is 0 Å². The summed E-state index contributed by atoms with van der Waals surface area (Å²) >= 11 is 3.49. The molecule has 1 N–H and O–H groups in total. The Balaban J connectivity index is 1.29. The number of fused-ring (bicyclic) bond motifs is 3. The van der Waals surface area contributed by atoms with Crippen LogP contribution >= 0.6 is 15.9 Å². The number of benzene rings is 3. The molecule has 0 aromatic heterocycles. The quantitative estimate of drug-likeness (QED) is 0.0910. The van der Waals surface area contributed by atoms with Crippen molar-refractivity contribution in [2.75, 3.05) is 25.2 Å². The second-order valence-corrected chi connectivity index (χ2v) is 12.2. The van der Waals surface area contributed by atoms with Gasteiger partial charge in [-0.1, -0.05) is 52.3 Å². The van der Waals surface area contributed by atoms with Crippen LogP contribution in [0.4, 0.5) is 11.4 Å². The lowest BCUT2D eigenvalue weighted by Crippen LogP contribution is -2.35. The lowest BCUT2D eigenvalue weighted by atomic mass is 9.69. The molecule has 2 amide bonds. The summed E-state index contributed by atoms with van der Waals surface area (Å²) in [5.41, 5.74) is 4.77. The first-order valence-electron chi connectivity index (χ1n) is 14.5. The van der Waals surface area contributed by atoms with Gasteiger partial charge in [-0.3, -0.25) is 19.7 Å². The number of amides is 2. The number of phenolic OH excluding ortho intramolecular Hbond substituents is 1. The Hall–Kier alpha value is -4.12. The molecule has 0 spiro atoms. The van der Waals surface area contributed by atoms with Crippen LogP contribution < -0.4 is 4.90 Å². The molecule has 9 nitrogen and oxygen atoms in total. The summed E-state index contributed by atoms with van der Waals surface area (Å²) < 4.78 is 12.8. The van der Waals surface area contributed by atoms with E-state index in [1.807, 2.05) is 42.5 Å². The van der Waals surface area contributed by atoms with Gasteiger partial charge in [-0.05, 0) is 71.9 Å². The predicted octanol–water partition coefficient (Wildman–Crippen LogP) is 6.55. The zero-order valence-electron chi connectivity index (χ0n) is 24.0. The number of phenols is 1. The van der Waals surface area contributed by atoms with Gasteiger partial charge in [-0.15, -0.1) is 0 Å². The van der Waals surface area contributed by atoms with Crippen LogP contribution in [0.5, 0.6) is 5.75 Å². The highest BCUT2D eigenvalue weighted by Crippen LogP contribution is 2.51. The number of anilines is 1. The summed E-state index contributed by atoms with van der Waals surface area (Å²) in [4.78, 5) is 39.5. The second kappa shape index (κ2) is 12.5. The number of hydrogen-bond acceptors (Lipinski definition) is 7. The van der Waals surface area contributed by atoms with Gasteiger partial charge in [0.15, 0.2) is 0 Å². The number of aromatic hydroxyl groups is 1. The van der Waals surface area contributed by atoms with Crippen molar-refractivity contribution in [3.05, 3.63) is 110 Å². The maximum Gasteiger partial charge on any atom is 0.271 e. The van der Waals surface area contributed by atoms with E-state index >= 15 is 0 Å². The molecule has 0 unspecified atom stereocenters. The summed E-state index contributed by atoms with van der Waals surface area (Å²) in [5.74, 6) is -1.99. The van der Waals surface area contributed by atoms with Crippen molar-refractivity contribution in [3.8, 4) is 5.75 Å². The van der Waals surface area contributed by atoms with Gasteiger partial charge in [0, 0.05) is 35.2 Å². The number of non-ortho nitro benzene ring substituents is 1. The van der Waals surface area contributed by atoms with E-state index in [1.165, 1.54) is 18.2 Å². The largest absolute Gasteiger partial charge is 0.507 e. The molecule has 3 aliphatic rings. The number of nitro groups is 1. The van der Waals surface area contributed by atoms with Crippen molar-refractivity contribution in [3.63, 3.8) is 0 Å². The van der Waals surface area contributed by atoms with E-state index in [9.17, 15) is 24.8 Å². The van der Waals surface area contributed by atoms with Crippen LogP contribution in [0.2, 0.25) is 0 Å². The van der Waals surface area contributed by atoms with Crippen LogP contribution in [0.3, 0.4) is 0 Å². The summed E-state index contributed by atoms with van der Waals surface area (Å²) in [5, 5.41) is 21.9. The zero-order valence-corrected chi connectivity index (χ0v) is 25.6. The summed E-state index contributed by atoms with van der Waals surface area (Å²) in [6.07, 6.45) is 3.34. The smallest absolute Gasteiger partial charge is 0.271 e. The van der Waals surface area contributed by atoms with E-state index in [1.54, 1.807) is 25.3 Å². The number of rotatable bonds is 9. The third kappa shape index (κ3) is 5.60. The van der Waals surface area contributed by atoms with Crippen LogP contribution in [0.25, 0.3) is 11.6 Å². The van der Waals surface area contributed by atoms with Gasteiger partial charge < -0.3 is 14.6 Å². The Kier molecular flexibility index (Phi) is 8.48. The van der Waals surface area contributed by atoms with E-state index in [0.29, 0.717) is 38.0 Å². The van der Waals surface area contributed by atoms with Gasteiger partial charge in [0.05, 0.1) is 41.8 Å². The molecule has 10 heteroatoms. The van der Waals surface area contributed by atoms with Gasteiger partial charge in [0.1, 0.15) is 5.75 Å². The summed E-state index contributed by atoms with van der Waals surface area (Å²) in [6, 6.07) is 20.9. The number of halogens is 1. The highest BCUT2D eigenvalue weighted by molar-refractivity contribution is 9.10. The summed E-state index contributed by atoms with van der Waals surface area (Å²) in [6.45, 7) is 0.619. The molecule has 3 aromatic carbocycles. The highest BCUT2D eigenvalue weighted by atomic mass is 79.9. The van der Waals surface area contributed by atoms with Gasteiger partial charge in [0.2, 0.25) is 11.8 Å². The topological polar surface area (TPSA) is 119 Å². The molecule has 0 bridgehead atoms. The van der Waals surface area contributed by atoms with Gasteiger partial charge in [-0.2, -0.15) is 0 Å². The molecule has 1 aliphatic carbocycles. The fraction of sp³-hybridized carbons (Fsp3) is 0.294. The Morgan fingerprint density at radius 2 is 1.89 bits per heavy atom. The first kappa shape index (κ1) is 29.9. The minimum absolute atomic E-state index is 0.180. The number of carbonyl (C=O) groups excluding carboxylic acids is 2. The van der Waals surface area contributed by atoms with Crippen molar-refractivity contribution >= 4 is 50.8 Å². The van der Waals surface area contributed by atoms with Crippen LogP contribution in [-0.2, 0) is 19.1 Å². The lowest BCUT2D eigenvalue weighted by Gasteiger charge is -2.31. The van der Waals surface area contributed by atoms with Crippen molar-refractivity contribution in [2.24, 2.45) is 17.8 Å². The number of nitro benzene ring substituents is 1. The standard InChI is InChI=1S/C34H31BrN2O7/c1-43-18-23-16-27-32(34(40)36(33(27)39)25-8-5-9-26(17-25)37(41)42)28-19-44-30(31(23)28)13-10-21(20-6-3-2-4-7-20)14-22-15-24(35)11-12-29(22)38/h2-9,11-12,14-15,17,27-28,30,32,38H,10,13,16,18-19H2,1H3/b21-14-/t27-,28+,30-,32-/m1/s1. The average Bonchev–Trinajstić information content (AvgIpc) is 3.55. The van der Waals surface area contributed by atoms with E-state index in [4.69, 9.17) is 9.47 Å². The second-order valence-electron chi connectivity index (χ2n) is 11.3. The SMILES string of the molecule is COCC1=C2[C@@H](CC/C(=C/c3cc(Br)ccc3O)c3ccccc3)OC[C@@H]2[C@@H]2C(=O)N(c3cccc([N+](=O)[O-])c3)C(=O)[C@@H]2C1. The number of imide groups is 1. The molecule has 2 fully saturated rings. The minimum Gasteiger partial charge on any atom is -0.507 e. The molecule has 2 aliphatic heterocycles. The fourth-order valence-corrected chi connectivity index (χ4v) is 7.23. The number of methoxy groups -OCH3 is 1. The van der Waals surface area contributed by atoms with E-state index in [2.05, 4.69) is 15.9 Å². The fourth-order valence-electron chi connectivity index (χ4n) is 6.85. The molecule has 2 saturated heterocycles. The molecular weight excluding hydrogens is 628 g/mol. The normalized spacial score (nSPS) is 23.2. The summed E-state index contributed by atoms with van der Waals surface area (Å²) in [7, 11) is 1.61. The number of carbonyl (C=O) groups is 2.